The highest BCUT2D eigenvalue weighted by molar-refractivity contribution is 7.88. The molecule has 1 N–H and O–H groups in total. The highest BCUT2D eigenvalue weighted by Crippen LogP contribution is 2.53. The highest BCUT2D eigenvalue weighted by atomic mass is 32.2. The van der Waals surface area contributed by atoms with Crippen molar-refractivity contribution in [2.24, 2.45) is 0 Å². The molecule has 1 aromatic rings. The van der Waals surface area contributed by atoms with Crippen LogP contribution in [0.25, 0.3) is 0 Å². The van der Waals surface area contributed by atoms with Crippen LogP contribution in [0.5, 0.6) is 5.75 Å². The van der Waals surface area contributed by atoms with Gasteiger partial charge in [-0.05, 0) is 66.5 Å². The van der Waals surface area contributed by atoms with Gasteiger partial charge in [0.25, 0.3) is 0 Å². The average molecular weight is 637 g/mol. The topological polar surface area (TPSA) is 97.7 Å². The van der Waals surface area contributed by atoms with E-state index < -0.39 is 42.4 Å². The SMILES string of the molecule is CCCCC(C)c1cc(C2CCCCC2)c(OS(=O)(=O)C(F)(F)C(F)(F)C(F)(F)S(=O)(=O)O)c(C2CCCCC2)c1. The van der Waals surface area contributed by atoms with Gasteiger partial charge in [0.05, 0.1) is 0 Å². The lowest BCUT2D eigenvalue weighted by Gasteiger charge is -2.33. The van der Waals surface area contributed by atoms with Gasteiger partial charge < -0.3 is 4.18 Å². The third-order valence-corrected chi connectivity index (χ3v) is 10.6. The van der Waals surface area contributed by atoms with Crippen LogP contribution in [0.1, 0.15) is 132 Å². The molecule has 1 aromatic carbocycles. The van der Waals surface area contributed by atoms with Crippen molar-refractivity contribution in [3.05, 3.63) is 28.8 Å². The Labute approximate surface area is 238 Å². The molecule has 41 heavy (non-hydrogen) atoms. The van der Waals surface area contributed by atoms with Crippen LogP contribution in [-0.4, -0.2) is 37.8 Å². The molecule has 1 atom stereocenters. The molecule has 0 spiro atoms. The normalized spacial score (nSPS) is 19.7. The minimum Gasteiger partial charge on any atom is -0.377 e. The van der Waals surface area contributed by atoms with Crippen LogP contribution in [0.15, 0.2) is 12.1 Å². The highest BCUT2D eigenvalue weighted by Gasteiger charge is 2.83. The van der Waals surface area contributed by atoms with Crippen molar-refractivity contribution in [1.82, 2.24) is 0 Å². The zero-order valence-electron chi connectivity index (χ0n) is 23.2. The molecule has 0 aromatic heterocycles. The first kappa shape index (κ1) is 34.0. The van der Waals surface area contributed by atoms with Crippen LogP contribution in [0.3, 0.4) is 0 Å². The molecule has 0 bridgehead atoms. The summed E-state index contributed by atoms with van der Waals surface area (Å²) in [6.45, 7) is 4.00. The Balaban J connectivity index is 2.22. The molecule has 3 rings (SSSR count). The fraction of sp³-hybridized carbons (Fsp3) is 0.778. The minimum atomic E-state index is -7.13. The summed E-state index contributed by atoms with van der Waals surface area (Å²) in [5.41, 5.74) is 1.31. The lowest BCUT2D eigenvalue weighted by atomic mass is 9.77. The number of hydrogen-bond donors (Lipinski definition) is 1. The van der Waals surface area contributed by atoms with Crippen molar-refractivity contribution >= 4 is 20.2 Å². The molecular formula is C27H38F6O6S2. The molecular weight excluding hydrogens is 598 g/mol. The number of benzene rings is 1. The van der Waals surface area contributed by atoms with E-state index in [2.05, 4.69) is 0 Å². The van der Waals surface area contributed by atoms with Gasteiger partial charge >= 0.3 is 36.7 Å². The molecule has 6 nitrogen and oxygen atoms in total. The van der Waals surface area contributed by atoms with Gasteiger partial charge in [-0.2, -0.15) is 43.2 Å². The summed E-state index contributed by atoms with van der Waals surface area (Å²) in [6, 6.07) is 3.30. The van der Waals surface area contributed by atoms with E-state index in [1.807, 2.05) is 13.8 Å². The second-order valence-electron chi connectivity index (χ2n) is 11.4. The van der Waals surface area contributed by atoms with Gasteiger partial charge in [0.1, 0.15) is 5.75 Å². The van der Waals surface area contributed by atoms with Gasteiger partial charge in [-0.1, -0.05) is 77.3 Å². The molecule has 0 heterocycles. The molecule has 14 heteroatoms. The summed E-state index contributed by atoms with van der Waals surface area (Å²) in [7, 11) is -14.1. The largest absolute Gasteiger partial charge is 0.450 e. The number of hydrogen-bond acceptors (Lipinski definition) is 5. The van der Waals surface area contributed by atoms with E-state index in [0.717, 1.165) is 63.4 Å². The number of rotatable bonds is 12. The van der Waals surface area contributed by atoms with Gasteiger partial charge in [-0.3, -0.25) is 4.55 Å². The van der Waals surface area contributed by atoms with E-state index in [-0.39, 0.29) is 28.9 Å². The predicted octanol–water partition coefficient (Wildman–Crippen LogP) is 8.49. The molecule has 2 saturated carbocycles. The van der Waals surface area contributed by atoms with Crippen molar-refractivity contribution in [2.45, 2.75) is 132 Å². The lowest BCUT2D eigenvalue weighted by molar-refractivity contribution is -0.247. The summed E-state index contributed by atoms with van der Waals surface area (Å²) >= 11 is 0. The van der Waals surface area contributed by atoms with E-state index >= 15 is 0 Å². The zero-order valence-corrected chi connectivity index (χ0v) is 24.8. The monoisotopic (exact) mass is 636 g/mol. The Morgan fingerprint density at radius 2 is 1.27 bits per heavy atom. The third kappa shape index (κ3) is 6.68. The van der Waals surface area contributed by atoms with Crippen LogP contribution in [0, 0.1) is 0 Å². The van der Waals surface area contributed by atoms with E-state index in [0.29, 0.717) is 25.7 Å². The first-order chi connectivity index (χ1) is 18.9. The van der Waals surface area contributed by atoms with Crippen molar-refractivity contribution in [3.63, 3.8) is 0 Å². The molecule has 2 fully saturated rings. The van der Waals surface area contributed by atoms with Gasteiger partial charge in [0.2, 0.25) is 0 Å². The Hall–Kier alpha value is -1.54. The second-order valence-corrected chi connectivity index (χ2v) is 14.4. The molecule has 0 amide bonds. The maximum Gasteiger partial charge on any atom is 0.450 e. The molecule has 236 valence electrons. The number of alkyl halides is 6. The fourth-order valence-corrected chi connectivity index (χ4v) is 7.32. The Morgan fingerprint density at radius 1 is 0.829 bits per heavy atom. The van der Waals surface area contributed by atoms with Crippen LogP contribution < -0.4 is 4.18 Å². The summed E-state index contributed by atoms with van der Waals surface area (Å²) in [4.78, 5) is 0. The standard InChI is InChI=1S/C27H38F6O6S2/c1-3-4-11-18(2)21-16-22(19-12-7-5-8-13-19)24(23(17-21)20-14-9-6-10-15-20)39-41(37,38)27(32,33)25(28,29)26(30,31)40(34,35)36/h16-20H,3-15H2,1-2H3,(H,34,35,36). The van der Waals surface area contributed by atoms with Gasteiger partial charge in [-0.25, -0.2) is 0 Å². The fourth-order valence-electron chi connectivity index (χ4n) is 5.84. The maximum atomic E-state index is 14.9. The van der Waals surface area contributed by atoms with Crippen molar-refractivity contribution < 1.29 is 51.9 Å². The molecule has 0 radical (unpaired) electrons. The van der Waals surface area contributed by atoms with Crippen LogP contribution in [-0.2, 0) is 20.2 Å². The first-order valence-electron chi connectivity index (χ1n) is 14.1. The van der Waals surface area contributed by atoms with Gasteiger partial charge in [0, 0.05) is 0 Å². The van der Waals surface area contributed by atoms with Crippen LogP contribution >= 0.6 is 0 Å². The van der Waals surface area contributed by atoms with Crippen LogP contribution in [0.2, 0.25) is 0 Å². The summed E-state index contributed by atoms with van der Waals surface area (Å²) in [5.74, 6) is -8.31. The zero-order chi connectivity index (χ0) is 30.9. The third-order valence-electron chi connectivity index (χ3n) is 8.38. The minimum absolute atomic E-state index is 0.00418. The quantitative estimate of drug-likeness (QED) is 0.140. The summed E-state index contributed by atoms with van der Waals surface area (Å²) in [6.07, 6.45) is 9.62. The smallest absolute Gasteiger partial charge is 0.377 e. The first-order valence-corrected chi connectivity index (χ1v) is 17.0. The van der Waals surface area contributed by atoms with E-state index in [4.69, 9.17) is 8.74 Å². The van der Waals surface area contributed by atoms with Crippen molar-refractivity contribution in [1.29, 1.82) is 0 Å². The van der Waals surface area contributed by atoms with Crippen molar-refractivity contribution in [3.8, 4) is 5.75 Å². The maximum absolute atomic E-state index is 14.9. The predicted molar refractivity (Wildman–Crippen MR) is 142 cm³/mol. The number of unbranched alkanes of at least 4 members (excludes halogenated alkanes) is 1. The Morgan fingerprint density at radius 3 is 1.66 bits per heavy atom. The molecule has 1 unspecified atom stereocenters. The van der Waals surface area contributed by atoms with E-state index in [1.165, 1.54) is 0 Å². The van der Waals surface area contributed by atoms with E-state index in [1.54, 1.807) is 12.1 Å². The Bertz CT molecular complexity index is 1230. The van der Waals surface area contributed by atoms with Gasteiger partial charge in [0.15, 0.2) is 0 Å². The van der Waals surface area contributed by atoms with Crippen molar-refractivity contribution in [2.75, 3.05) is 0 Å². The van der Waals surface area contributed by atoms with E-state index in [9.17, 15) is 43.2 Å². The average Bonchev–Trinajstić information content (AvgIpc) is 2.91. The molecule has 2 aliphatic rings. The van der Waals surface area contributed by atoms with Crippen LogP contribution in [0.4, 0.5) is 26.3 Å². The Kier molecular flexibility index (Phi) is 10.4. The molecule has 0 aliphatic heterocycles. The lowest BCUT2D eigenvalue weighted by Crippen LogP contribution is -2.61. The second kappa shape index (κ2) is 12.6. The van der Waals surface area contributed by atoms with Gasteiger partial charge in [-0.15, -0.1) is 0 Å². The molecule has 2 aliphatic carbocycles. The summed E-state index contributed by atoms with van der Waals surface area (Å²) in [5, 5.41) is -13.5. The number of halogens is 6. The summed E-state index contributed by atoms with van der Waals surface area (Å²) < 4.78 is 147. The molecule has 0 saturated heterocycles.